The van der Waals surface area contributed by atoms with Crippen molar-refractivity contribution in [1.82, 2.24) is 9.88 Å². The Morgan fingerprint density at radius 2 is 1.95 bits per heavy atom. The Morgan fingerprint density at radius 1 is 1.26 bits per heavy atom. The molecule has 0 bridgehead atoms. The second-order valence-electron chi connectivity index (χ2n) is 3.99. The van der Waals surface area contributed by atoms with Gasteiger partial charge in [-0.25, -0.2) is 9.98 Å². The van der Waals surface area contributed by atoms with Crippen molar-refractivity contribution in [1.29, 1.82) is 0 Å². The topological polar surface area (TPSA) is 28.5 Å². The van der Waals surface area contributed by atoms with Crippen LogP contribution in [0.1, 0.15) is 13.8 Å². The highest BCUT2D eigenvalue weighted by Gasteiger charge is 2.03. The average Bonchev–Trinajstić information content (AvgIpc) is 2.89. The van der Waals surface area contributed by atoms with Crippen molar-refractivity contribution in [2.75, 3.05) is 13.1 Å². The molecule has 0 spiro atoms. The number of thiazole rings is 1. The third kappa shape index (κ3) is 3.88. The van der Waals surface area contributed by atoms with Crippen LogP contribution >= 0.6 is 27.3 Å². The van der Waals surface area contributed by atoms with E-state index in [9.17, 15) is 0 Å². The van der Waals surface area contributed by atoms with Crippen LogP contribution in [0.15, 0.2) is 39.1 Å². The Morgan fingerprint density at radius 3 is 2.58 bits per heavy atom. The number of hydrogen-bond acceptors (Lipinski definition) is 3. The molecule has 0 saturated carbocycles. The molecule has 0 radical (unpaired) electrons. The fourth-order valence-corrected chi connectivity index (χ4v) is 2.52. The third-order valence-electron chi connectivity index (χ3n) is 2.78. The van der Waals surface area contributed by atoms with Crippen LogP contribution in [0, 0.1) is 0 Å². The van der Waals surface area contributed by atoms with E-state index in [1.807, 2.05) is 23.9 Å². The molecule has 3 nitrogen and oxygen atoms in total. The van der Waals surface area contributed by atoms with Crippen LogP contribution in [0.3, 0.4) is 0 Å². The summed E-state index contributed by atoms with van der Waals surface area (Å²) in [6.45, 7) is 6.16. The average molecular weight is 338 g/mol. The Balaban J connectivity index is 2.13. The van der Waals surface area contributed by atoms with E-state index in [1.54, 1.807) is 11.3 Å². The molecule has 19 heavy (non-hydrogen) atoms. The number of nitrogens with zero attached hydrogens (tertiary/aromatic N) is 3. The lowest BCUT2D eigenvalue weighted by molar-refractivity contribution is 0.480. The molecular formula is C14H16BrN3S. The Labute approximate surface area is 126 Å². The van der Waals surface area contributed by atoms with Gasteiger partial charge in [0.05, 0.1) is 12.0 Å². The van der Waals surface area contributed by atoms with E-state index in [1.165, 1.54) is 0 Å². The van der Waals surface area contributed by atoms with Crippen molar-refractivity contribution in [3.8, 4) is 11.3 Å². The van der Waals surface area contributed by atoms with Crippen molar-refractivity contribution in [2.45, 2.75) is 13.8 Å². The molecule has 0 amide bonds. The van der Waals surface area contributed by atoms with E-state index in [0.717, 1.165) is 34.0 Å². The first-order valence-corrected chi connectivity index (χ1v) is 7.90. The van der Waals surface area contributed by atoms with Crippen LogP contribution in [0.5, 0.6) is 0 Å². The first-order valence-electron chi connectivity index (χ1n) is 6.22. The molecule has 0 N–H and O–H groups in total. The quantitative estimate of drug-likeness (QED) is 0.590. The maximum absolute atomic E-state index is 4.53. The summed E-state index contributed by atoms with van der Waals surface area (Å²) >= 11 is 5.00. The molecule has 2 rings (SSSR count). The summed E-state index contributed by atoms with van der Waals surface area (Å²) in [4.78, 5) is 11.1. The van der Waals surface area contributed by atoms with Crippen LogP contribution < -0.4 is 0 Å². The lowest BCUT2D eigenvalue weighted by Crippen LogP contribution is -2.20. The lowest BCUT2D eigenvalue weighted by Gasteiger charge is -2.12. The first kappa shape index (κ1) is 14.2. The smallest absolute Gasteiger partial charge is 0.211 e. The van der Waals surface area contributed by atoms with Gasteiger partial charge < -0.3 is 4.90 Å². The molecular weight excluding hydrogens is 322 g/mol. The number of benzene rings is 1. The van der Waals surface area contributed by atoms with Crippen molar-refractivity contribution in [2.24, 2.45) is 4.99 Å². The minimum atomic E-state index is 0.796. The SMILES string of the molecule is CCN(C=Nc1nc(-c2ccc(Br)cc2)cs1)CC. The van der Waals surface area contributed by atoms with Crippen LogP contribution in [0.2, 0.25) is 0 Å². The Hall–Kier alpha value is -1.20. The molecule has 5 heteroatoms. The minimum Gasteiger partial charge on any atom is -0.363 e. The molecule has 1 aromatic carbocycles. The van der Waals surface area contributed by atoms with Gasteiger partial charge in [-0.05, 0) is 26.0 Å². The Bertz CT molecular complexity index is 544. The maximum Gasteiger partial charge on any atom is 0.211 e. The number of aliphatic imine (C=N–C) groups is 1. The normalized spacial score (nSPS) is 11.1. The Kier molecular flexibility index (Phi) is 5.10. The lowest BCUT2D eigenvalue weighted by atomic mass is 10.2. The zero-order chi connectivity index (χ0) is 13.7. The molecule has 1 heterocycles. The number of rotatable bonds is 5. The summed E-state index contributed by atoms with van der Waals surface area (Å²) in [5.74, 6) is 0. The van der Waals surface area contributed by atoms with Gasteiger partial charge in [0.1, 0.15) is 0 Å². The number of aromatic nitrogens is 1. The first-order chi connectivity index (χ1) is 9.22. The van der Waals surface area contributed by atoms with Crippen LogP contribution in [-0.4, -0.2) is 29.3 Å². The number of hydrogen-bond donors (Lipinski definition) is 0. The highest BCUT2D eigenvalue weighted by atomic mass is 79.9. The van der Waals surface area contributed by atoms with Gasteiger partial charge in [-0.2, -0.15) is 0 Å². The molecule has 0 aliphatic carbocycles. The number of halogens is 1. The van der Waals surface area contributed by atoms with E-state index in [0.29, 0.717) is 0 Å². The highest BCUT2D eigenvalue weighted by molar-refractivity contribution is 9.10. The molecule has 100 valence electrons. The van der Waals surface area contributed by atoms with Gasteiger partial charge in [-0.3, -0.25) is 0 Å². The van der Waals surface area contributed by atoms with Crippen LogP contribution in [0.4, 0.5) is 5.13 Å². The van der Waals surface area contributed by atoms with Gasteiger partial charge in [-0.1, -0.05) is 28.1 Å². The van der Waals surface area contributed by atoms with E-state index in [2.05, 4.69) is 56.8 Å². The van der Waals surface area contributed by atoms with Crippen molar-refractivity contribution < 1.29 is 0 Å². The minimum absolute atomic E-state index is 0.796. The van der Waals surface area contributed by atoms with Gasteiger partial charge >= 0.3 is 0 Å². The molecule has 0 saturated heterocycles. The van der Waals surface area contributed by atoms with Crippen molar-refractivity contribution >= 4 is 38.7 Å². The summed E-state index contributed by atoms with van der Waals surface area (Å²) < 4.78 is 1.08. The maximum atomic E-state index is 4.53. The zero-order valence-corrected chi connectivity index (χ0v) is 13.4. The largest absolute Gasteiger partial charge is 0.363 e. The summed E-state index contributed by atoms with van der Waals surface area (Å²) in [5, 5.41) is 2.84. The summed E-state index contributed by atoms with van der Waals surface area (Å²) in [6.07, 6.45) is 1.87. The molecule has 0 unspecified atom stereocenters. The standard InChI is InChI=1S/C14H16BrN3S/c1-3-18(4-2)10-16-14-17-13(9-19-14)11-5-7-12(15)8-6-11/h5-10H,3-4H2,1-2H3. The summed E-state index contributed by atoms with van der Waals surface area (Å²) in [7, 11) is 0. The summed E-state index contributed by atoms with van der Waals surface area (Å²) in [5.41, 5.74) is 2.09. The van der Waals surface area contributed by atoms with E-state index >= 15 is 0 Å². The highest BCUT2D eigenvalue weighted by Crippen LogP contribution is 2.27. The van der Waals surface area contributed by atoms with E-state index in [4.69, 9.17) is 0 Å². The second kappa shape index (κ2) is 6.82. The molecule has 0 aliphatic rings. The summed E-state index contributed by atoms with van der Waals surface area (Å²) in [6, 6.07) is 8.15. The van der Waals surface area contributed by atoms with Gasteiger partial charge in [-0.15, -0.1) is 11.3 Å². The van der Waals surface area contributed by atoms with Crippen LogP contribution in [-0.2, 0) is 0 Å². The van der Waals surface area contributed by atoms with Gasteiger partial charge in [0.2, 0.25) is 5.13 Å². The van der Waals surface area contributed by atoms with Crippen molar-refractivity contribution in [3.05, 3.63) is 34.1 Å². The van der Waals surface area contributed by atoms with E-state index < -0.39 is 0 Å². The molecule has 1 aromatic heterocycles. The van der Waals surface area contributed by atoms with E-state index in [-0.39, 0.29) is 0 Å². The third-order valence-corrected chi connectivity index (χ3v) is 4.05. The zero-order valence-electron chi connectivity index (χ0n) is 11.0. The molecule has 2 aromatic rings. The fraction of sp³-hybridized carbons (Fsp3) is 0.286. The second-order valence-corrected chi connectivity index (χ2v) is 5.74. The van der Waals surface area contributed by atoms with Gasteiger partial charge in [0.15, 0.2) is 0 Å². The van der Waals surface area contributed by atoms with Crippen molar-refractivity contribution in [3.63, 3.8) is 0 Å². The predicted molar refractivity (Wildman–Crippen MR) is 86.3 cm³/mol. The molecule has 0 fully saturated rings. The fourth-order valence-electron chi connectivity index (χ4n) is 1.59. The monoisotopic (exact) mass is 337 g/mol. The van der Waals surface area contributed by atoms with Crippen LogP contribution in [0.25, 0.3) is 11.3 Å². The van der Waals surface area contributed by atoms with Gasteiger partial charge in [0.25, 0.3) is 0 Å². The molecule has 0 aliphatic heterocycles. The predicted octanol–water partition coefficient (Wildman–Crippen LogP) is 4.57. The molecule has 0 atom stereocenters. The van der Waals surface area contributed by atoms with Gasteiger partial charge in [0, 0.05) is 28.5 Å².